The lowest BCUT2D eigenvalue weighted by Gasteiger charge is -2.38. The number of amides is 2. The van der Waals surface area contributed by atoms with Crippen molar-refractivity contribution in [2.45, 2.75) is 0 Å². The second-order valence-electron chi connectivity index (χ2n) is 8.80. The van der Waals surface area contributed by atoms with E-state index in [1.807, 2.05) is 46.2 Å². The lowest BCUT2D eigenvalue weighted by molar-refractivity contribution is -0.133. The highest BCUT2D eigenvalue weighted by molar-refractivity contribution is 7.14. The lowest BCUT2D eigenvalue weighted by Crippen LogP contribution is -2.54. The molecule has 2 saturated heterocycles. The number of rotatable bonds is 6. The largest absolute Gasteiger partial charge is 0.353 e. The maximum atomic E-state index is 13.0. The quantitative estimate of drug-likeness (QED) is 0.529. The molecule has 0 unspecified atom stereocenters. The van der Waals surface area contributed by atoms with Crippen molar-refractivity contribution < 1.29 is 9.59 Å². The van der Waals surface area contributed by atoms with E-state index in [0.29, 0.717) is 61.7 Å². The fraction of sp³-hybridized carbons (Fsp3) is 0.360. The van der Waals surface area contributed by atoms with Crippen molar-refractivity contribution >= 4 is 51.4 Å². The summed E-state index contributed by atoms with van der Waals surface area (Å²) in [5.74, 6) is 1.02. The zero-order chi connectivity index (χ0) is 24.9. The summed E-state index contributed by atoms with van der Waals surface area (Å²) in [5, 5.41) is 6.25. The molecule has 1 N–H and O–H groups in total. The number of hydrogen-bond acceptors (Lipinski definition) is 8. The van der Waals surface area contributed by atoms with Gasteiger partial charge in [-0.3, -0.25) is 14.5 Å². The summed E-state index contributed by atoms with van der Waals surface area (Å²) in [6.07, 6.45) is 1.79. The van der Waals surface area contributed by atoms with Gasteiger partial charge in [0.25, 0.3) is 5.91 Å². The number of thiazole rings is 1. The van der Waals surface area contributed by atoms with Gasteiger partial charge in [0, 0.05) is 74.6 Å². The number of nitrogens with one attached hydrogen (secondary N) is 1. The molecule has 2 aliphatic heterocycles. The standard InChI is InChI=1S/C25H28ClN7O2S/c26-19-4-3-5-20(16-19)28-25-29-21(18-36-25)24(35)33-10-8-30(9-11-33)17-23(34)32-14-12-31(13-15-32)22-6-1-2-7-27-22/h1-7,16,18H,8-15,17H2,(H,28,29). The van der Waals surface area contributed by atoms with Gasteiger partial charge in [-0.05, 0) is 30.3 Å². The molecule has 4 heterocycles. The molecule has 9 nitrogen and oxygen atoms in total. The van der Waals surface area contributed by atoms with E-state index in [0.717, 1.165) is 24.6 Å². The first-order valence-electron chi connectivity index (χ1n) is 12.0. The number of halogens is 1. The maximum absolute atomic E-state index is 13.0. The van der Waals surface area contributed by atoms with Crippen molar-refractivity contribution in [3.63, 3.8) is 0 Å². The fourth-order valence-electron chi connectivity index (χ4n) is 4.41. The van der Waals surface area contributed by atoms with Crippen molar-refractivity contribution in [3.05, 3.63) is 64.8 Å². The number of aromatic nitrogens is 2. The first kappa shape index (κ1) is 24.5. The predicted octanol–water partition coefficient (Wildman–Crippen LogP) is 3.04. The van der Waals surface area contributed by atoms with Crippen LogP contribution in [0, 0.1) is 0 Å². The zero-order valence-electron chi connectivity index (χ0n) is 19.8. The lowest BCUT2D eigenvalue weighted by atomic mass is 10.2. The highest BCUT2D eigenvalue weighted by Gasteiger charge is 2.27. The summed E-state index contributed by atoms with van der Waals surface area (Å²) >= 11 is 7.42. The molecule has 0 bridgehead atoms. The summed E-state index contributed by atoms with van der Waals surface area (Å²) < 4.78 is 0. The van der Waals surface area contributed by atoms with Gasteiger partial charge < -0.3 is 20.0 Å². The van der Waals surface area contributed by atoms with Gasteiger partial charge in [-0.1, -0.05) is 23.7 Å². The minimum atomic E-state index is -0.0815. The molecule has 0 aliphatic carbocycles. The van der Waals surface area contributed by atoms with Crippen LogP contribution in [-0.4, -0.2) is 95.4 Å². The van der Waals surface area contributed by atoms with Crippen LogP contribution in [0.15, 0.2) is 54.0 Å². The highest BCUT2D eigenvalue weighted by Crippen LogP contribution is 2.24. The molecular weight excluding hydrogens is 498 g/mol. The third-order valence-electron chi connectivity index (χ3n) is 6.42. The van der Waals surface area contributed by atoms with E-state index >= 15 is 0 Å². The second kappa shape index (κ2) is 11.2. The van der Waals surface area contributed by atoms with Crippen LogP contribution in [0.1, 0.15) is 10.5 Å². The first-order chi connectivity index (χ1) is 17.5. The molecule has 11 heteroatoms. The van der Waals surface area contributed by atoms with Crippen LogP contribution < -0.4 is 10.2 Å². The number of benzene rings is 1. The number of nitrogens with zero attached hydrogens (tertiary/aromatic N) is 6. The number of carbonyl (C=O) groups excluding carboxylic acids is 2. The van der Waals surface area contributed by atoms with Crippen molar-refractivity contribution in [2.24, 2.45) is 0 Å². The van der Waals surface area contributed by atoms with Crippen molar-refractivity contribution in [3.8, 4) is 0 Å². The molecular formula is C25H28ClN7O2S. The summed E-state index contributed by atoms with van der Waals surface area (Å²) in [6, 6.07) is 13.3. The van der Waals surface area contributed by atoms with Crippen LogP contribution in [0.3, 0.4) is 0 Å². The van der Waals surface area contributed by atoms with E-state index in [9.17, 15) is 9.59 Å². The average molecular weight is 526 g/mol. The summed E-state index contributed by atoms with van der Waals surface area (Å²) in [5.41, 5.74) is 1.26. The molecule has 2 fully saturated rings. The molecule has 2 amide bonds. The van der Waals surface area contributed by atoms with Crippen LogP contribution in [0.5, 0.6) is 0 Å². The normalized spacial score (nSPS) is 16.8. The van der Waals surface area contributed by atoms with Gasteiger partial charge in [0.05, 0.1) is 6.54 Å². The van der Waals surface area contributed by atoms with Crippen LogP contribution in [0.2, 0.25) is 5.02 Å². The number of hydrogen-bond donors (Lipinski definition) is 1. The van der Waals surface area contributed by atoms with E-state index < -0.39 is 0 Å². The number of pyridine rings is 1. The summed E-state index contributed by atoms with van der Waals surface area (Å²) in [4.78, 5) is 42.8. The van der Waals surface area contributed by atoms with Crippen LogP contribution >= 0.6 is 22.9 Å². The molecule has 36 heavy (non-hydrogen) atoms. The van der Waals surface area contributed by atoms with Gasteiger partial charge in [-0.2, -0.15) is 0 Å². The average Bonchev–Trinajstić information content (AvgIpc) is 3.38. The molecule has 0 radical (unpaired) electrons. The molecule has 188 valence electrons. The Kier molecular flexibility index (Phi) is 7.64. The third-order valence-corrected chi connectivity index (χ3v) is 7.42. The Bertz CT molecular complexity index is 1190. The molecule has 3 aromatic rings. The van der Waals surface area contributed by atoms with Crippen LogP contribution in [0.25, 0.3) is 0 Å². The molecule has 2 aromatic heterocycles. The van der Waals surface area contributed by atoms with Gasteiger partial charge in [0.2, 0.25) is 5.91 Å². The summed E-state index contributed by atoms with van der Waals surface area (Å²) in [6.45, 7) is 5.84. The minimum absolute atomic E-state index is 0.0815. The van der Waals surface area contributed by atoms with Gasteiger partial charge in [0.1, 0.15) is 11.5 Å². The van der Waals surface area contributed by atoms with Crippen molar-refractivity contribution in [2.75, 3.05) is 69.1 Å². The van der Waals surface area contributed by atoms with Crippen LogP contribution in [-0.2, 0) is 4.79 Å². The number of carbonyl (C=O) groups is 2. The smallest absolute Gasteiger partial charge is 0.273 e. The highest BCUT2D eigenvalue weighted by atomic mass is 35.5. The zero-order valence-corrected chi connectivity index (χ0v) is 21.4. The number of piperazine rings is 2. The van der Waals surface area contributed by atoms with E-state index in [4.69, 9.17) is 11.6 Å². The van der Waals surface area contributed by atoms with Gasteiger partial charge >= 0.3 is 0 Å². The molecule has 2 aliphatic rings. The second-order valence-corrected chi connectivity index (χ2v) is 10.1. The molecule has 1 aromatic carbocycles. The predicted molar refractivity (Wildman–Crippen MR) is 142 cm³/mol. The maximum Gasteiger partial charge on any atom is 0.273 e. The Morgan fingerprint density at radius 3 is 2.44 bits per heavy atom. The van der Waals surface area contributed by atoms with Gasteiger partial charge in [-0.15, -0.1) is 11.3 Å². The Labute approximate surface area is 219 Å². The van der Waals surface area contributed by atoms with Crippen molar-refractivity contribution in [1.82, 2.24) is 24.7 Å². The van der Waals surface area contributed by atoms with Gasteiger partial charge in [-0.25, -0.2) is 9.97 Å². The molecule has 0 atom stereocenters. The monoisotopic (exact) mass is 525 g/mol. The van der Waals surface area contributed by atoms with Gasteiger partial charge in [0.15, 0.2) is 5.13 Å². The third kappa shape index (κ3) is 5.95. The van der Waals surface area contributed by atoms with E-state index in [-0.39, 0.29) is 11.8 Å². The Morgan fingerprint density at radius 2 is 1.72 bits per heavy atom. The first-order valence-corrected chi connectivity index (χ1v) is 13.2. The number of anilines is 3. The fourth-order valence-corrected chi connectivity index (χ4v) is 5.30. The Morgan fingerprint density at radius 1 is 0.944 bits per heavy atom. The van der Waals surface area contributed by atoms with E-state index in [1.165, 1.54) is 11.3 Å². The molecule has 0 spiro atoms. The Balaban J connectivity index is 1.07. The minimum Gasteiger partial charge on any atom is -0.353 e. The molecule has 0 saturated carbocycles. The van der Waals surface area contributed by atoms with E-state index in [1.54, 1.807) is 17.6 Å². The van der Waals surface area contributed by atoms with E-state index in [2.05, 4.69) is 25.1 Å². The molecule has 5 rings (SSSR count). The topological polar surface area (TPSA) is 84.9 Å². The van der Waals surface area contributed by atoms with Crippen molar-refractivity contribution in [1.29, 1.82) is 0 Å². The SMILES string of the molecule is O=C(CN1CCN(C(=O)c2csc(Nc3cccc(Cl)c3)n2)CC1)N1CCN(c2ccccn2)CC1. The Hall–Kier alpha value is -3.21. The van der Waals surface area contributed by atoms with Crippen LogP contribution in [0.4, 0.5) is 16.6 Å². The summed E-state index contributed by atoms with van der Waals surface area (Å²) in [7, 11) is 0.